The summed E-state index contributed by atoms with van der Waals surface area (Å²) < 4.78 is 27.8. The van der Waals surface area contributed by atoms with Gasteiger partial charge in [-0.3, -0.25) is 9.10 Å². The highest BCUT2D eigenvalue weighted by Crippen LogP contribution is 2.30. The van der Waals surface area contributed by atoms with Gasteiger partial charge in [0.05, 0.1) is 28.7 Å². The van der Waals surface area contributed by atoms with Crippen LogP contribution in [-0.4, -0.2) is 20.9 Å². The smallest absolute Gasteiger partial charge is 0.264 e. The molecule has 0 unspecified atom stereocenters. The quantitative estimate of drug-likeness (QED) is 0.480. The van der Waals surface area contributed by atoms with Crippen LogP contribution in [0.15, 0.2) is 77.5 Å². The number of halogens is 1. The van der Waals surface area contributed by atoms with E-state index in [2.05, 4.69) is 11.9 Å². The van der Waals surface area contributed by atoms with Gasteiger partial charge in [0.15, 0.2) is 0 Å². The zero-order chi connectivity index (χ0) is 21.7. The first-order chi connectivity index (χ1) is 14.3. The van der Waals surface area contributed by atoms with Crippen molar-refractivity contribution < 1.29 is 13.2 Å². The highest BCUT2D eigenvalue weighted by atomic mass is 35.5. The number of aryl methyl sites for hydroxylation is 1. The summed E-state index contributed by atoms with van der Waals surface area (Å²) in [5.74, 6) is -0.340. The van der Waals surface area contributed by atoms with E-state index in [1.807, 2.05) is 18.4 Å². The normalized spacial score (nSPS) is 11.1. The van der Waals surface area contributed by atoms with Gasteiger partial charge in [0.1, 0.15) is 0 Å². The Labute approximate surface area is 185 Å². The van der Waals surface area contributed by atoms with Crippen LogP contribution in [0, 0.1) is 6.92 Å². The van der Waals surface area contributed by atoms with Crippen LogP contribution < -0.4 is 9.62 Å². The fourth-order valence-electron chi connectivity index (χ4n) is 2.87. The van der Waals surface area contributed by atoms with E-state index in [0.29, 0.717) is 17.3 Å². The van der Waals surface area contributed by atoms with Gasteiger partial charge in [0, 0.05) is 10.4 Å². The average molecular weight is 461 g/mol. The summed E-state index contributed by atoms with van der Waals surface area (Å²) in [6, 6.07) is 14.7. The molecule has 3 aromatic rings. The Balaban J connectivity index is 1.89. The predicted octanol–water partition coefficient (Wildman–Crippen LogP) is 5.02. The summed E-state index contributed by atoms with van der Waals surface area (Å²) in [6.45, 7) is 6.06. The van der Waals surface area contributed by atoms with Gasteiger partial charge in [-0.05, 0) is 54.3 Å². The van der Waals surface area contributed by atoms with Gasteiger partial charge in [-0.2, -0.15) is 0 Å². The van der Waals surface area contributed by atoms with Crippen molar-refractivity contribution >= 4 is 44.6 Å². The first-order valence-corrected chi connectivity index (χ1v) is 11.8. The molecule has 0 bridgehead atoms. The monoisotopic (exact) mass is 460 g/mol. The molecule has 0 aliphatic rings. The SMILES string of the molecule is C=CCN(c1ccccc1Cl)S(=O)(=O)c1cccc(C(=O)NCc2sccc2C)c1. The average Bonchev–Trinajstić information content (AvgIpc) is 3.15. The molecule has 0 aliphatic carbocycles. The Hall–Kier alpha value is -2.61. The summed E-state index contributed by atoms with van der Waals surface area (Å²) in [7, 11) is -3.96. The summed E-state index contributed by atoms with van der Waals surface area (Å²) in [5, 5.41) is 5.12. The number of benzene rings is 2. The number of nitrogens with zero attached hydrogens (tertiary/aromatic N) is 1. The van der Waals surface area contributed by atoms with Crippen LogP contribution in [0.25, 0.3) is 0 Å². The molecule has 30 heavy (non-hydrogen) atoms. The van der Waals surface area contributed by atoms with Crippen molar-refractivity contribution in [2.24, 2.45) is 0 Å². The number of sulfonamides is 1. The van der Waals surface area contributed by atoms with E-state index in [1.165, 1.54) is 22.5 Å². The lowest BCUT2D eigenvalue weighted by atomic mass is 10.2. The van der Waals surface area contributed by atoms with E-state index >= 15 is 0 Å². The minimum absolute atomic E-state index is 0.00391. The second-order valence-corrected chi connectivity index (χ2v) is 9.78. The number of hydrogen-bond acceptors (Lipinski definition) is 4. The number of carbonyl (C=O) groups excluding carboxylic acids is 1. The van der Waals surface area contributed by atoms with Gasteiger partial charge in [-0.25, -0.2) is 8.42 Å². The van der Waals surface area contributed by atoms with E-state index < -0.39 is 10.0 Å². The van der Waals surface area contributed by atoms with Gasteiger partial charge >= 0.3 is 0 Å². The summed E-state index contributed by atoms with van der Waals surface area (Å²) in [5.41, 5.74) is 1.72. The number of nitrogens with one attached hydrogen (secondary N) is 1. The molecule has 5 nitrogen and oxygen atoms in total. The summed E-state index contributed by atoms with van der Waals surface area (Å²) >= 11 is 7.79. The van der Waals surface area contributed by atoms with Gasteiger partial charge in [-0.15, -0.1) is 17.9 Å². The molecule has 0 spiro atoms. The van der Waals surface area contributed by atoms with Gasteiger partial charge < -0.3 is 5.32 Å². The fraction of sp³-hybridized carbons (Fsp3) is 0.136. The van der Waals surface area contributed by atoms with Gasteiger partial charge in [0.25, 0.3) is 15.9 Å². The minimum atomic E-state index is -3.96. The molecule has 156 valence electrons. The second-order valence-electron chi connectivity index (χ2n) is 6.51. The molecular formula is C22H21ClN2O3S2. The van der Waals surface area contributed by atoms with E-state index in [1.54, 1.807) is 47.7 Å². The zero-order valence-electron chi connectivity index (χ0n) is 16.3. The zero-order valence-corrected chi connectivity index (χ0v) is 18.7. The molecule has 0 fully saturated rings. The van der Waals surface area contributed by atoms with Crippen molar-refractivity contribution in [3.8, 4) is 0 Å². The Kier molecular flexibility index (Phi) is 6.97. The van der Waals surface area contributed by atoms with Crippen molar-refractivity contribution in [2.75, 3.05) is 10.8 Å². The Morgan fingerprint density at radius 1 is 1.20 bits per heavy atom. The number of carbonyl (C=O) groups is 1. The van der Waals surface area contributed by atoms with Crippen molar-refractivity contribution in [2.45, 2.75) is 18.4 Å². The third kappa shape index (κ3) is 4.75. The van der Waals surface area contributed by atoms with Crippen LogP contribution in [0.3, 0.4) is 0 Å². The van der Waals surface area contributed by atoms with Crippen molar-refractivity contribution in [3.63, 3.8) is 0 Å². The van der Waals surface area contributed by atoms with Crippen LogP contribution in [0.2, 0.25) is 5.02 Å². The molecule has 0 atom stereocenters. The first-order valence-electron chi connectivity index (χ1n) is 9.14. The number of thiophene rings is 1. The number of anilines is 1. The molecule has 8 heteroatoms. The Morgan fingerprint density at radius 2 is 1.97 bits per heavy atom. The molecule has 3 rings (SSSR count). The third-order valence-electron chi connectivity index (χ3n) is 4.48. The number of para-hydroxylation sites is 1. The van der Waals surface area contributed by atoms with Gasteiger partial charge in [0.2, 0.25) is 0 Å². The molecule has 1 heterocycles. The highest BCUT2D eigenvalue weighted by molar-refractivity contribution is 7.92. The maximum Gasteiger partial charge on any atom is 0.264 e. The molecule has 2 aromatic carbocycles. The molecule has 0 aliphatic heterocycles. The lowest BCUT2D eigenvalue weighted by Crippen LogP contribution is -2.31. The lowest BCUT2D eigenvalue weighted by molar-refractivity contribution is 0.0951. The lowest BCUT2D eigenvalue weighted by Gasteiger charge is -2.24. The molecule has 1 aromatic heterocycles. The van der Waals surface area contributed by atoms with E-state index in [-0.39, 0.29) is 22.9 Å². The van der Waals surface area contributed by atoms with Crippen LogP contribution in [-0.2, 0) is 16.6 Å². The third-order valence-corrected chi connectivity index (χ3v) is 7.60. The molecule has 0 radical (unpaired) electrons. The minimum Gasteiger partial charge on any atom is -0.347 e. The first kappa shape index (κ1) is 22.1. The van der Waals surface area contributed by atoms with Crippen LogP contribution >= 0.6 is 22.9 Å². The van der Waals surface area contributed by atoms with Crippen molar-refractivity contribution in [3.05, 3.63) is 93.7 Å². The predicted molar refractivity (Wildman–Crippen MR) is 123 cm³/mol. The molecule has 1 amide bonds. The number of hydrogen-bond donors (Lipinski definition) is 1. The van der Waals surface area contributed by atoms with E-state index in [0.717, 1.165) is 10.4 Å². The van der Waals surface area contributed by atoms with Crippen molar-refractivity contribution in [1.29, 1.82) is 0 Å². The van der Waals surface area contributed by atoms with Crippen LogP contribution in [0.4, 0.5) is 5.69 Å². The maximum absolute atomic E-state index is 13.3. The maximum atomic E-state index is 13.3. The van der Waals surface area contributed by atoms with Crippen molar-refractivity contribution in [1.82, 2.24) is 5.32 Å². The fourth-order valence-corrected chi connectivity index (χ4v) is 5.50. The van der Waals surface area contributed by atoms with Crippen LogP contribution in [0.1, 0.15) is 20.8 Å². The number of rotatable bonds is 8. The molecule has 1 N–H and O–H groups in total. The highest BCUT2D eigenvalue weighted by Gasteiger charge is 2.26. The number of amides is 1. The van der Waals surface area contributed by atoms with E-state index in [9.17, 15) is 13.2 Å². The van der Waals surface area contributed by atoms with Gasteiger partial charge in [-0.1, -0.05) is 35.9 Å². The Morgan fingerprint density at radius 3 is 2.63 bits per heavy atom. The second kappa shape index (κ2) is 9.47. The topological polar surface area (TPSA) is 66.5 Å². The molecule has 0 saturated carbocycles. The summed E-state index contributed by atoms with van der Waals surface area (Å²) in [4.78, 5) is 13.7. The standard InChI is InChI=1S/C22H21ClN2O3S2/c1-3-12-25(20-10-5-4-9-19(20)23)30(27,28)18-8-6-7-17(14-18)22(26)24-15-21-16(2)11-13-29-21/h3-11,13-14H,1,12,15H2,2H3,(H,24,26). The van der Waals surface area contributed by atoms with Crippen LogP contribution in [0.5, 0.6) is 0 Å². The largest absolute Gasteiger partial charge is 0.347 e. The summed E-state index contributed by atoms with van der Waals surface area (Å²) in [6.07, 6.45) is 1.49. The Bertz CT molecular complexity index is 1170. The molecule has 0 saturated heterocycles. The van der Waals surface area contributed by atoms with E-state index in [4.69, 9.17) is 11.6 Å². The molecular weight excluding hydrogens is 440 g/mol.